The van der Waals surface area contributed by atoms with E-state index in [-0.39, 0.29) is 0 Å². The molecule has 2 aliphatic rings. The molecule has 6 nitrogen and oxygen atoms in total. The van der Waals surface area contributed by atoms with Gasteiger partial charge in [0.25, 0.3) is 0 Å². The van der Waals surface area contributed by atoms with E-state index in [2.05, 4.69) is 41.2 Å². The van der Waals surface area contributed by atoms with Crippen LogP contribution >= 0.6 is 0 Å². The average molecular weight is 340 g/mol. The summed E-state index contributed by atoms with van der Waals surface area (Å²) in [5.41, 5.74) is 0. The SMILES string of the molecule is CCNC(=NCC(C)N1CCCCC1C)NCCN1CCOCC1. The maximum Gasteiger partial charge on any atom is 0.191 e. The maximum atomic E-state index is 5.39. The molecular weight excluding hydrogens is 302 g/mol. The third kappa shape index (κ3) is 6.57. The molecule has 2 rings (SSSR count). The number of ether oxygens (including phenoxy) is 1. The minimum atomic E-state index is 0.509. The Morgan fingerprint density at radius 3 is 2.71 bits per heavy atom. The molecule has 0 aromatic rings. The molecule has 0 aliphatic carbocycles. The molecule has 0 bridgehead atoms. The van der Waals surface area contributed by atoms with Crippen molar-refractivity contribution < 1.29 is 4.74 Å². The van der Waals surface area contributed by atoms with Crippen LogP contribution in [0.15, 0.2) is 4.99 Å². The summed E-state index contributed by atoms with van der Waals surface area (Å²) in [7, 11) is 0. The molecule has 2 heterocycles. The van der Waals surface area contributed by atoms with Gasteiger partial charge in [-0.3, -0.25) is 14.8 Å². The van der Waals surface area contributed by atoms with Crippen molar-refractivity contribution >= 4 is 5.96 Å². The Morgan fingerprint density at radius 2 is 2.00 bits per heavy atom. The van der Waals surface area contributed by atoms with Gasteiger partial charge in [-0.05, 0) is 40.2 Å². The van der Waals surface area contributed by atoms with Gasteiger partial charge in [0.15, 0.2) is 5.96 Å². The van der Waals surface area contributed by atoms with Crippen molar-refractivity contribution in [2.24, 2.45) is 4.99 Å². The first-order chi connectivity index (χ1) is 11.7. The van der Waals surface area contributed by atoms with E-state index in [4.69, 9.17) is 9.73 Å². The van der Waals surface area contributed by atoms with Crippen LogP contribution in [0.25, 0.3) is 0 Å². The van der Waals surface area contributed by atoms with E-state index in [9.17, 15) is 0 Å². The van der Waals surface area contributed by atoms with Crippen LogP contribution < -0.4 is 10.6 Å². The third-order valence-corrected chi connectivity index (χ3v) is 5.10. The molecule has 0 spiro atoms. The Labute approximate surface area is 148 Å². The lowest BCUT2D eigenvalue weighted by atomic mass is 10.0. The van der Waals surface area contributed by atoms with Gasteiger partial charge in [-0.15, -0.1) is 0 Å². The van der Waals surface area contributed by atoms with E-state index in [1.807, 2.05) is 0 Å². The Balaban J connectivity index is 1.74. The van der Waals surface area contributed by atoms with Crippen molar-refractivity contribution in [1.29, 1.82) is 0 Å². The van der Waals surface area contributed by atoms with Crippen molar-refractivity contribution in [2.75, 3.05) is 59.0 Å². The van der Waals surface area contributed by atoms with E-state index in [0.29, 0.717) is 12.1 Å². The van der Waals surface area contributed by atoms with Crippen LogP contribution in [0.4, 0.5) is 0 Å². The zero-order valence-corrected chi connectivity index (χ0v) is 15.9. The molecule has 0 saturated carbocycles. The molecule has 2 unspecified atom stereocenters. The van der Waals surface area contributed by atoms with Crippen molar-refractivity contribution in [3.63, 3.8) is 0 Å². The number of aliphatic imine (C=N–C) groups is 1. The standard InChI is InChI=1S/C18H37N5O/c1-4-19-18(20-8-10-22-11-13-24-14-12-22)21-15-17(3)23-9-6-5-7-16(23)2/h16-17H,4-15H2,1-3H3,(H2,19,20,21). The second-order valence-corrected chi connectivity index (χ2v) is 7.03. The Bertz CT molecular complexity index is 370. The van der Waals surface area contributed by atoms with Gasteiger partial charge in [0, 0.05) is 44.8 Å². The molecule has 0 aromatic heterocycles. The van der Waals surface area contributed by atoms with Crippen molar-refractivity contribution in [1.82, 2.24) is 20.4 Å². The lowest BCUT2D eigenvalue weighted by Crippen LogP contribution is -2.46. The minimum absolute atomic E-state index is 0.509. The number of nitrogens with one attached hydrogen (secondary N) is 2. The maximum absolute atomic E-state index is 5.39. The summed E-state index contributed by atoms with van der Waals surface area (Å²) in [5.74, 6) is 0.947. The Morgan fingerprint density at radius 1 is 1.21 bits per heavy atom. The lowest BCUT2D eigenvalue weighted by molar-refractivity contribution is 0.0389. The molecule has 0 amide bonds. The second-order valence-electron chi connectivity index (χ2n) is 7.03. The number of likely N-dealkylation sites (tertiary alicyclic amines) is 1. The molecule has 2 aliphatic heterocycles. The highest BCUT2D eigenvalue weighted by Gasteiger charge is 2.22. The van der Waals surface area contributed by atoms with Crippen LogP contribution in [0.5, 0.6) is 0 Å². The van der Waals surface area contributed by atoms with Gasteiger partial charge in [-0.2, -0.15) is 0 Å². The molecule has 2 saturated heterocycles. The molecule has 24 heavy (non-hydrogen) atoms. The molecule has 6 heteroatoms. The monoisotopic (exact) mass is 339 g/mol. The Hall–Kier alpha value is -0.850. The molecule has 0 aromatic carbocycles. The van der Waals surface area contributed by atoms with Gasteiger partial charge in [0.05, 0.1) is 19.8 Å². The predicted octanol–water partition coefficient (Wildman–Crippen LogP) is 1.14. The van der Waals surface area contributed by atoms with Crippen molar-refractivity contribution in [2.45, 2.75) is 52.1 Å². The number of hydrogen-bond donors (Lipinski definition) is 2. The average Bonchev–Trinajstić information content (AvgIpc) is 2.60. The van der Waals surface area contributed by atoms with Crippen LogP contribution in [0.2, 0.25) is 0 Å². The summed E-state index contributed by atoms with van der Waals surface area (Å²) >= 11 is 0. The van der Waals surface area contributed by atoms with Crippen LogP contribution in [-0.4, -0.2) is 86.9 Å². The quantitative estimate of drug-likeness (QED) is 0.538. The number of rotatable bonds is 7. The fraction of sp³-hybridized carbons (Fsp3) is 0.944. The van der Waals surface area contributed by atoms with Gasteiger partial charge >= 0.3 is 0 Å². The smallest absolute Gasteiger partial charge is 0.191 e. The zero-order chi connectivity index (χ0) is 17.2. The summed E-state index contributed by atoms with van der Waals surface area (Å²) < 4.78 is 5.39. The first kappa shape index (κ1) is 19.5. The van der Waals surface area contributed by atoms with E-state index >= 15 is 0 Å². The van der Waals surface area contributed by atoms with Crippen LogP contribution in [0, 0.1) is 0 Å². The first-order valence-corrected chi connectivity index (χ1v) is 9.78. The minimum Gasteiger partial charge on any atom is -0.379 e. The van der Waals surface area contributed by atoms with E-state index in [1.54, 1.807) is 0 Å². The summed E-state index contributed by atoms with van der Waals surface area (Å²) in [5, 5.41) is 6.84. The first-order valence-electron chi connectivity index (χ1n) is 9.78. The number of nitrogens with zero attached hydrogens (tertiary/aromatic N) is 3. The van der Waals surface area contributed by atoms with Crippen LogP contribution in [0.1, 0.15) is 40.0 Å². The van der Waals surface area contributed by atoms with Crippen LogP contribution in [0.3, 0.4) is 0 Å². The number of guanidine groups is 1. The number of piperidine rings is 1. The number of hydrogen-bond acceptors (Lipinski definition) is 4. The third-order valence-electron chi connectivity index (χ3n) is 5.10. The van der Waals surface area contributed by atoms with E-state index in [1.165, 1.54) is 25.8 Å². The van der Waals surface area contributed by atoms with Crippen molar-refractivity contribution in [3.8, 4) is 0 Å². The molecule has 2 fully saturated rings. The fourth-order valence-corrected chi connectivity index (χ4v) is 3.60. The molecule has 2 N–H and O–H groups in total. The fourth-order valence-electron chi connectivity index (χ4n) is 3.60. The molecule has 2 atom stereocenters. The highest BCUT2D eigenvalue weighted by molar-refractivity contribution is 5.79. The van der Waals surface area contributed by atoms with Gasteiger partial charge in [-0.1, -0.05) is 6.42 Å². The van der Waals surface area contributed by atoms with Gasteiger partial charge in [0.2, 0.25) is 0 Å². The van der Waals surface area contributed by atoms with Gasteiger partial charge in [-0.25, -0.2) is 0 Å². The normalized spacial score (nSPS) is 25.5. The highest BCUT2D eigenvalue weighted by atomic mass is 16.5. The van der Waals surface area contributed by atoms with E-state index in [0.717, 1.165) is 58.4 Å². The molecular formula is C18H37N5O. The summed E-state index contributed by atoms with van der Waals surface area (Å²) in [6.07, 6.45) is 4.03. The molecule has 0 radical (unpaired) electrons. The summed E-state index contributed by atoms with van der Waals surface area (Å²) in [4.78, 5) is 9.87. The highest BCUT2D eigenvalue weighted by Crippen LogP contribution is 2.19. The number of morpholine rings is 1. The predicted molar refractivity (Wildman–Crippen MR) is 101 cm³/mol. The van der Waals surface area contributed by atoms with Crippen LogP contribution in [-0.2, 0) is 4.74 Å². The Kier molecular flexibility index (Phi) is 8.84. The second kappa shape index (κ2) is 10.9. The largest absolute Gasteiger partial charge is 0.379 e. The molecule has 140 valence electrons. The van der Waals surface area contributed by atoms with Gasteiger partial charge in [0.1, 0.15) is 0 Å². The topological polar surface area (TPSA) is 52.1 Å². The van der Waals surface area contributed by atoms with Crippen molar-refractivity contribution in [3.05, 3.63) is 0 Å². The zero-order valence-electron chi connectivity index (χ0n) is 15.9. The summed E-state index contributed by atoms with van der Waals surface area (Å²) in [6.45, 7) is 15.5. The van der Waals surface area contributed by atoms with Gasteiger partial charge < -0.3 is 15.4 Å². The summed E-state index contributed by atoms with van der Waals surface area (Å²) in [6, 6.07) is 1.20. The lowest BCUT2D eigenvalue weighted by Gasteiger charge is -2.37. The van der Waals surface area contributed by atoms with E-state index < -0.39 is 0 Å².